The number of alkyl carbamates (subject to hydrolysis) is 1. The number of benzene rings is 2. The van der Waals surface area contributed by atoms with E-state index in [9.17, 15) is 22.8 Å². The third-order valence-electron chi connectivity index (χ3n) is 6.73. The van der Waals surface area contributed by atoms with Gasteiger partial charge in [-0.2, -0.15) is 13.2 Å². The maximum absolute atomic E-state index is 13.5. The number of morpholine rings is 1. The summed E-state index contributed by atoms with van der Waals surface area (Å²) in [4.78, 5) is 35.9. The van der Waals surface area contributed by atoms with Crippen LogP contribution in [-0.2, 0) is 22.2 Å². The zero-order valence-electron chi connectivity index (χ0n) is 24.8. The van der Waals surface area contributed by atoms with Crippen LogP contribution in [0.15, 0.2) is 54.7 Å². The highest BCUT2D eigenvalue weighted by Crippen LogP contribution is 2.34. The SMILES string of the molecule is C[C@@H]1CN(c2nccc(C(=O)N[C@H](C)c3ccc(-c4cc(C(F)(F)F)ccc4CNC(=O)OC(C)(C)C)cc3)n2)CCO1. The number of hydrogen-bond acceptors (Lipinski definition) is 7. The molecule has 43 heavy (non-hydrogen) atoms. The third kappa shape index (κ3) is 8.66. The highest BCUT2D eigenvalue weighted by Gasteiger charge is 2.31. The number of halogens is 3. The monoisotopic (exact) mass is 599 g/mol. The molecule has 0 spiro atoms. The molecule has 1 aliphatic rings. The van der Waals surface area contributed by atoms with Crippen molar-refractivity contribution in [1.82, 2.24) is 20.6 Å². The second kappa shape index (κ2) is 13.0. The Morgan fingerprint density at radius 2 is 1.84 bits per heavy atom. The van der Waals surface area contributed by atoms with Gasteiger partial charge in [-0.25, -0.2) is 14.8 Å². The van der Waals surface area contributed by atoms with E-state index in [1.54, 1.807) is 64.2 Å². The van der Waals surface area contributed by atoms with E-state index < -0.39 is 29.5 Å². The number of anilines is 1. The molecule has 0 aliphatic carbocycles. The van der Waals surface area contributed by atoms with Crippen LogP contribution in [0.1, 0.15) is 67.8 Å². The van der Waals surface area contributed by atoms with Gasteiger partial charge in [-0.05, 0) is 75.1 Å². The van der Waals surface area contributed by atoms with E-state index >= 15 is 0 Å². The van der Waals surface area contributed by atoms with Crippen molar-refractivity contribution in [2.75, 3.05) is 24.6 Å². The van der Waals surface area contributed by atoms with E-state index in [-0.39, 0.29) is 24.2 Å². The summed E-state index contributed by atoms with van der Waals surface area (Å²) in [7, 11) is 0. The summed E-state index contributed by atoms with van der Waals surface area (Å²) in [6.45, 7) is 10.7. The van der Waals surface area contributed by atoms with Crippen LogP contribution in [0.3, 0.4) is 0 Å². The first-order valence-electron chi connectivity index (χ1n) is 14.0. The Kier molecular flexibility index (Phi) is 9.59. The van der Waals surface area contributed by atoms with Crippen molar-refractivity contribution in [3.8, 4) is 11.1 Å². The predicted molar refractivity (Wildman–Crippen MR) is 155 cm³/mol. The molecule has 1 aliphatic heterocycles. The van der Waals surface area contributed by atoms with Crippen molar-refractivity contribution in [3.05, 3.63) is 77.1 Å². The maximum Gasteiger partial charge on any atom is 0.416 e. The van der Waals surface area contributed by atoms with Crippen LogP contribution in [-0.4, -0.2) is 53.4 Å². The second-order valence-electron chi connectivity index (χ2n) is 11.4. The van der Waals surface area contributed by atoms with Crippen LogP contribution in [0.2, 0.25) is 0 Å². The second-order valence-corrected chi connectivity index (χ2v) is 11.4. The molecule has 1 saturated heterocycles. The number of carbonyl (C=O) groups is 2. The van der Waals surface area contributed by atoms with Gasteiger partial charge in [0.1, 0.15) is 11.3 Å². The number of hydrogen-bond donors (Lipinski definition) is 2. The van der Waals surface area contributed by atoms with E-state index in [4.69, 9.17) is 9.47 Å². The Labute approximate surface area is 248 Å². The maximum atomic E-state index is 13.5. The van der Waals surface area contributed by atoms with E-state index in [0.717, 1.165) is 17.7 Å². The Morgan fingerprint density at radius 1 is 1.12 bits per heavy atom. The van der Waals surface area contributed by atoms with Crippen molar-refractivity contribution < 1.29 is 32.2 Å². The number of ether oxygens (including phenoxy) is 2. The molecule has 3 aromatic rings. The molecule has 2 atom stereocenters. The molecule has 230 valence electrons. The Morgan fingerprint density at radius 3 is 2.49 bits per heavy atom. The van der Waals surface area contributed by atoms with Gasteiger partial charge in [-0.3, -0.25) is 4.79 Å². The number of amides is 2. The van der Waals surface area contributed by atoms with E-state index in [2.05, 4.69) is 20.6 Å². The number of nitrogens with zero attached hydrogens (tertiary/aromatic N) is 3. The first kappa shape index (κ1) is 31.7. The zero-order valence-corrected chi connectivity index (χ0v) is 24.8. The molecule has 2 aromatic carbocycles. The van der Waals surface area contributed by atoms with Gasteiger partial charge in [-0.1, -0.05) is 30.3 Å². The summed E-state index contributed by atoms with van der Waals surface area (Å²) in [5.74, 6) is 0.0766. The fraction of sp³-hybridized carbons (Fsp3) is 0.419. The standard InChI is InChI=1S/C31H36F3N5O4/c1-19-18-39(14-15-42-19)28-35-13-12-26(38-28)27(40)37-20(2)21-6-8-22(9-7-21)25-16-24(31(32,33)34)11-10-23(25)17-36-29(41)43-30(3,4)5/h6-13,16,19-20H,14-15,17-18H2,1-5H3,(H,36,41)(H,37,40)/t19-,20-/m1/s1. The molecule has 2 N–H and O–H groups in total. The molecule has 12 heteroatoms. The molecule has 1 aromatic heterocycles. The highest BCUT2D eigenvalue weighted by atomic mass is 19.4. The fourth-order valence-corrected chi connectivity index (χ4v) is 4.59. The smallest absolute Gasteiger partial charge is 0.416 e. The van der Waals surface area contributed by atoms with Crippen molar-refractivity contribution in [2.24, 2.45) is 0 Å². The lowest BCUT2D eigenvalue weighted by molar-refractivity contribution is -0.137. The van der Waals surface area contributed by atoms with Gasteiger partial charge < -0.3 is 25.0 Å². The Balaban J connectivity index is 1.49. The largest absolute Gasteiger partial charge is 0.444 e. The van der Waals surface area contributed by atoms with Crippen LogP contribution < -0.4 is 15.5 Å². The Bertz CT molecular complexity index is 1440. The summed E-state index contributed by atoms with van der Waals surface area (Å²) in [5.41, 5.74) is 0.778. The van der Waals surface area contributed by atoms with Gasteiger partial charge in [0.05, 0.1) is 24.3 Å². The van der Waals surface area contributed by atoms with Crippen LogP contribution >= 0.6 is 0 Å². The lowest BCUT2D eigenvalue weighted by Crippen LogP contribution is -2.42. The minimum atomic E-state index is -4.54. The summed E-state index contributed by atoms with van der Waals surface area (Å²) in [5, 5.41) is 5.53. The van der Waals surface area contributed by atoms with Gasteiger partial charge in [0.2, 0.25) is 5.95 Å². The van der Waals surface area contributed by atoms with Crippen molar-refractivity contribution >= 4 is 17.9 Å². The molecular formula is C31H36F3N5O4. The normalized spacial score (nSPS) is 16.4. The summed E-state index contributed by atoms with van der Waals surface area (Å²) >= 11 is 0. The molecule has 2 heterocycles. The third-order valence-corrected chi connectivity index (χ3v) is 6.73. The predicted octanol–water partition coefficient (Wildman–Crippen LogP) is 5.90. The Hall–Kier alpha value is -4.19. The van der Waals surface area contributed by atoms with E-state index in [1.165, 1.54) is 6.07 Å². The van der Waals surface area contributed by atoms with Crippen LogP contribution in [0.5, 0.6) is 0 Å². The average molecular weight is 600 g/mol. The van der Waals surface area contributed by atoms with Gasteiger partial charge in [0.25, 0.3) is 5.91 Å². The molecule has 9 nitrogen and oxygen atoms in total. The molecule has 0 bridgehead atoms. The van der Waals surface area contributed by atoms with Gasteiger partial charge in [-0.15, -0.1) is 0 Å². The van der Waals surface area contributed by atoms with Crippen molar-refractivity contribution in [1.29, 1.82) is 0 Å². The average Bonchev–Trinajstić information content (AvgIpc) is 2.94. The first-order valence-corrected chi connectivity index (χ1v) is 14.0. The number of alkyl halides is 3. The summed E-state index contributed by atoms with van der Waals surface area (Å²) in [6, 6.07) is 11.4. The number of aromatic nitrogens is 2. The van der Waals surface area contributed by atoms with Crippen molar-refractivity contribution in [2.45, 2.75) is 65.1 Å². The quantitative estimate of drug-likeness (QED) is 0.348. The molecule has 4 rings (SSSR count). The summed E-state index contributed by atoms with van der Waals surface area (Å²) in [6.07, 6.45) is -3.63. The first-order chi connectivity index (χ1) is 20.2. The fourth-order valence-electron chi connectivity index (χ4n) is 4.59. The minimum Gasteiger partial charge on any atom is -0.444 e. The summed E-state index contributed by atoms with van der Waals surface area (Å²) < 4.78 is 51.5. The molecule has 0 saturated carbocycles. The lowest BCUT2D eigenvalue weighted by atomic mass is 9.95. The molecule has 2 amide bonds. The van der Waals surface area contributed by atoms with Crippen LogP contribution in [0.4, 0.5) is 23.9 Å². The zero-order chi connectivity index (χ0) is 31.4. The van der Waals surface area contributed by atoms with Crippen LogP contribution in [0, 0.1) is 0 Å². The number of nitrogens with one attached hydrogen (secondary N) is 2. The molecule has 1 fully saturated rings. The molecular weight excluding hydrogens is 563 g/mol. The topological polar surface area (TPSA) is 106 Å². The lowest BCUT2D eigenvalue weighted by Gasteiger charge is -2.31. The van der Waals surface area contributed by atoms with Crippen molar-refractivity contribution in [3.63, 3.8) is 0 Å². The number of rotatable bonds is 7. The van der Waals surface area contributed by atoms with Crippen LogP contribution in [0.25, 0.3) is 11.1 Å². The molecule has 0 radical (unpaired) electrons. The highest BCUT2D eigenvalue weighted by molar-refractivity contribution is 5.92. The van der Waals surface area contributed by atoms with Gasteiger partial charge in [0, 0.05) is 25.8 Å². The van der Waals surface area contributed by atoms with Gasteiger partial charge in [0.15, 0.2) is 0 Å². The van der Waals surface area contributed by atoms with E-state index in [0.29, 0.717) is 42.3 Å². The number of carbonyl (C=O) groups excluding carboxylic acids is 2. The minimum absolute atomic E-state index is 0.0269. The van der Waals surface area contributed by atoms with E-state index in [1.807, 2.05) is 11.8 Å². The van der Waals surface area contributed by atoms with Gasteiger partial charge >= 0.3 is 12.3 Å². The molecule has 0 unspecified atom stereocenters.